The SMILES string of the molecule is C=CCOCC(CO)OS(=O)(=O)O. The Morgan fingerprint density at radius 1 is 1.54 bits per heavy atom. The van der Waals surface area contributed by atoms with Gasteiger partial charge in [-0.1, -0.05) is 6.08 Å². The zero-order chi connectivity index (χ0) is 10.3. The second kappa shape index (κ2) is 6.06. The average Bonchev–Trinajstić information content (AvgIpc) is 2.01. The van der Waals surface area contributed by atoms with Crippen LogP contribution in [0, 0.1) is 0 Å². The normalized spacial score (nSPS) is 14.0. The van der Waals surface area contributed by atoms with Gasteiger partial charge in [0.2, 0.25) is 0 Å². The molecule has 0 radical (unpaired) electrons. The van der Waals surface area contributed by atoms with E-state index in [1.165, 1.54) is 6.08 Å². The van der Waals surface area contributed by atoms with Crippen LogP contribution in [0.15, 0.2) is 12.7 Å². The van der Waals surface area contributed by atoms with E-state index in [9.17, 15) is 8.42 Å². The van der Waals surface area contributed by atoms with Crippen LogP contribution >= 0.6 is 0 Å². The molecule has 1 unspecified atom stereocenters. The van der Waals surface area contributed by atoms with E-state index in [1.54, 1.807) is 0 Å². The van der Waals surface area contributed by atoms with Gasteiger partial charge < -0.3 is 9.84 Å². The summed E-state index contributed by atoms with van der Waals surface area (Å²) in [6.45, 7) is 2.88. The molecule has 0 saturated carbocycles. The molecule has 0 bridgehead atoms. The minimum absolute atomic E-state index is 0.137. The summed E-state index contributed by atoms with van der Waals surface area (Å²) in [4.78, 5) is 0. The summed E-state index contributed by atoms with van der Waals surface area (Å²) in [5, 5.41) is 8.58. The minimum atomic E-state index is -4.54. The standard InChI is InChI=1S/C6H12O6S/c1-2-3-11-5-6(4-7)12-13(8,9)10/h2,6-7H,1,3-5H2,(H,8,9,10). The fourth-order valence-corrected chi connectivity index (χ4v) is 1.03. The molecule has 1 atom stereocenters. The van der Waals surface area contributed by atoms with Gasteiger partial charge >= 0.3 is 10.4 Å². The van der Waals surface area contributed by atoms with E-state index in [1.807, 2.05) is 0 Å². The molecule has 0 aromatic heterocycles. The molecule has 0 aromatic rings. The quantitative estimate of drug-likeness (QED) is 0.331. The molecule has 7 heteroatoms. The van der Waals surface area contributed by atoms with Crippen LogP contribution in [0.2, 0.25) is 0 Å². The van der Waals surface area contributed by atoms with Gasteiger partial charge in [0.25, 0.3) is 0 Å². The van der Waals surface area contributed by atoms with Crippen molar-refractivity contribution in [2.75, 3.05) is 19.8 Å². The van der Waals surface area contributed by atoms with Crippen molar-refractivity contribution >= 4 is 10.4 Å². The van der Waals surface area contributed by atoms with E-state index in [0.29, 0.717) is 0 Å². The zero-order valence-corrected chi connectivity index (χ0v) is 7.74. The first kappa shape index (κ1) is 12.5. The summed E-state index contributed by atoms with van der Waals surface area (Å²) >= 11 is 0. The predicted octanol–water partition coefficient (Wildman–Crippen LogP) is -0.631. The number of rotatable bonds is 7. The second-order valence-corrected chi connectivity index (χ2v) is 3.20. The van der Waals surface area contributed by atoms with Gasteiger partial charge in [-0.2, -0.15) is 8.42 Å². The lowest BCUT2D eigenvalue weighted by Crippen LogP contribution is -2.26. The predicted molar refractivity (Wildman–Crippen MR) is 44.5 cm³/mol. The third-order valence-electron chi connectivity index (χ3n) is 1.00. The van der Waals surface area contributed by atoms with Crippen molar-refractivity contribution in [1.82, 2.24) is 0 Å². The van der Waals surface area contributed by atoms with Gasteiger partial charge in [-0.05, 0) is 0 Å². The van der Waals surface area contributed by atoms with Gasteiger partial charge in [0.05, 0.1) is 19.8 Å². The maximum atomic E-state index is 10.2. The van der Waals surface area contributed by atoms with Gasteiger partial charge in [0.1, 0.15) is 6.10 Å². The van der Waals surface area contributed by atoms with Crippen LogP contribution in [0.3, 0.4) is 0 Å². The smallest absolute Gasteiger partial charge is 0.394 e. The van der Waals surface area contributed by atoms with Crippen molar-refractivity contribution in [1.29, 1.82) is 0 Å². The summed E-state index contributed by atoms with van der Waals surface area (Å²) < 4.78 is 37.5. The Balaban J connectivity index is 3.83. The lowest BCUT2D eigenvalue weighted by Gasteiger charge is -2.11. The van der Waals surface area contributed by atoms with Crippen LogP contribution in [0.25, 0.3) is 0 Å². The number of aliphatic hydroxyl groups is 1. The number of ether oxygens (including phenoxy) is 1. The van der Waals surface area contributed by atoms with Crippen molar-refractivity contribution in [3.8, 4) is 0 Å². The Morgan fingerprint density at radius 3 is 2.54 bits per heavy atom. The maximum absolute atomic E-state index is 10.2. The second-order valence-electron chi connectivity index (χ2n) is 2.15. The molecule has 0 saturated heterocycles. The van der Waals surface area contributed by atoms with Crippen LogP contribution in [0.1, 0.15) is 0 Å². The first-order valence-corrected chi connectivity index (χ1v) is 4.81. The molecular weight excluding hydrogens is 200 g/mol. The van der Waals surface area contributed by atoms with Crippen LogP contribution in [-0.2, 0) is 19.3 Å². The van der Waals surface area contributed by atoms with E-state index in [-0.39, 0.29) is 13.2 Å². The molecule has 0 rings (SSSR count). The zero-order valence-electron chi connectivity index (χ0n) is 6.92. The fraction of sp³-hybridized carbons (Fsp3) is 0.667. The van der Waals surface area contributed by atoms with Crippen molar-refractivity contribution in [2.45, 2.75) is 6.10 Å². The molecule has 78 valence electrons. The average molecular weight is 212 g/mol. The highest BCUT2D eigenvalue weighted by molar-refractivity contribution is 7.80. The largest absolute Gasteiger partial charge is 0.397 e. The van der Waals surface area contributed by atoms with Crippen LogP contribution in [0.5, 0.6) is 0 Å². The van der Waals surface area contributed by atoms with Crippen molar-refractivity contribution in [2.24, 2.45) is 0 Å². The summed E-state index contributed by atoms with van der Waals surface area (Å²) in [7, 11) is -4.54. The molecule has 2 N–H and O–H groups in total. The van der Waals surface area contributed by atoms with E-state index in [2.05, 4.69) is 10.8 Å². The van der Waals surface area contributed by atoms with Gasteiger partial charge in [0.15, 0.2) is 0 Å². The molecule has 0 fully saturated rings. The third-order valence-corrected chi connectivity index (χ3v) is 1.52. The molecule has 6 nitrogen and oxygen atoms in total. The Kier molecular flexibility index (Phi) is 5.84. The molecule has 0 spiro atoms. The minimum Gasteiger partial charge on any atom is -0.394 e. The molecule has 0 amide bonds. The van der Waals surface area contributed by atoms with Gasteiger partial charge in [0, 0.05) is 0 Å². The highest BCUT2D eigenvalue weighted by Gasteiger charge is 2.15. The fourth-order valence-electron chi connectivity index (χ4n) is 0.566. The Hall–Kier alpha value is -0.470. The molecule has 0 aromatic carbocycles. The lowest BCUT2D eigenvalue weighted by molar-refractivity contribution is 0.0270. The van der Waals surface area contributed by atoms with Crippen molar-refractivity contribution in [3.05, 3.63) is 12.7 Å². The van der Waals surface area contributed by atoms with Gasteiger partial charge in [-0.25, -0.2) is 4.18 Å². The topological polar surface area (TPSA) is 93.1 Å². The van der Waals surface area contributed by atoms with E-state index >= 15 is 0 Å². The van der Waals surface area contributed by atoms with Gasteiger partial charge in [-0.15, -0.1) is 6.58 Å². The van der Waals surface area contributed by atoms with Crippen molar-refractivity contribution in [3.63, 3.8) is 0 Å². The Bertz CT molecular complexity index is 234. The molecule has 0 aliphatic rings. The summed E-state index contributed by atoms with van der Waals surface area (Å²) in [6, 6.07) is 0. The van der Waals surface area contributed by atoms with E-state index in [4.69, 9.17) is 14.4 Å². The summed E-state index contributed by atoms with van der Waals surface area (Å²) in [5.41, 5.74) is 0. The summed E-state index contributed by atoms with van der Waals surface area (Å²) in [6.07, 6.45) is 0.372. The molecule has 0 heterocycles. The first-order valence-electron chi connectivity index (χ1n) is 3.44. The highest BCUT2D eigenvalue weighted by atomic mass is 32.3. The van der Waals surface area contributed by atoms with Crippen LogP contribution in [-0.4, -0.2) is 44.0 Å². The molecule has 0 aliphatic heterocycles. The van der Waals surface area contributed by atoms with Crippen LogP contribution in [0.4, 0.5) is 0 Å². The first-order chi connectivity index (χ1) is 5.99. The molecular formula is C6H12O6S. The number of hydrogen-bond acceptors (Lipinski definition) is 5. The maximum Gasteiger partial charge on any atom is 0.397 e. The van der Waals surface area contributed by atoms with Crippen molar-refractivity contribution < 1.29 is 27.0 Å². The Labute approximate surface area is 76.7 Å². The number of hydrogen-bond donors (Lipinski definition) is 2. The van der Waals surface area contributed by atoms with E-state index < -0.39 is 23.1 Å². The third kappa shape index (κ3) is 7.88. The lowest BCUT2D eigenvalue weighted by atomic mass is 10.4. The van der Waals surface area contributed by atoms with Gasteiger partial charge in [-0.3, -0.25) is 4.55 Å². The Morgan fingerprint density at radius 2 is 2.15 bits per heavy atom. The monoisotopic (exact) mass is 212 g/mol. The van der Waals surface area contributed by atoms with E-state index in [0.717, 1.165) is 0 Å². The molecule has 0 aliphatic carbocycles. The summed E-state index contributed by atoms with van der Waals surface area (Å²) in [5.74, 6) is 0. The highest BCUT2D eigenvalue weighted by Crippen LogP contribution is 1.97. The van der Waals surface area contributed by atoms with Crippen LogP contribution < -0.4 is 0 Å². The number of aliphatic hydroxyl groups excluding tert-OH is 1. The molecule has 13 heavy (non-hydrogen) atoms.